The van der Waals surface area contributed by atoms with Crippen molar-refractivity contribution in [1.82, 2.24) is 14.2 Å². The van der Waals surface area contributed by atoms with Crippen molar-refractivity contribution in [3.63, 3.8) is 0 Å². The minimum atomic E-state index is -0.368. The number of aromatic nitrogens is 3. The molecule has 1 amide bonds. The first-order chi connectivity index (χ1) is 17.4. The van der Waals surface area contributed by atoms with Gasteiger partial charge >= 0.3 is 0 Å². The zero-order valence-electron chi connectivity index (χ0n) is 19.3. The molecule has 0 saturated heterocycles. The lowest BCUT2D eigenvalue weighted by atomic mass is 10.2. The monoisotopic (exact) mass is 545 g/mol. The third-order valence-electron chi connectivity index (χ3n) is 5.77. The van der Waals surface area contributed by atoms with E-state index in [9.17, 15) is 14.0 Å². The Hall–Kier alpha value is -4.11. The number of nitrogens with one attached hydrogen (secondary N) is 1. The highest BCUT2D eigenvalue weighted by atomic mass is 79.9. The Morgan fingerprint density at radius 2 is 1.89 bits per heavy atom. The van der Waals surface area contributed by atoms with E-state index >= 15 is 0 Å². The van der Waals surface area contributed by atoms with Crippen LogP contribution in [0.5, 0.6) is 0 Å². The number of rotatable bonds is 6. The van der Waals surface area contributed by atoms with Crippen LogP contribution in [0.1, 0.15) is 18.3 Å². The Morgan fingerprint density at radius 3 is 2.67 bits per heavy atom. The minimum absolute atomic E-state index is 0.0530. The van der Waals surface area contributed by atoms with Crippen molar-refractivity contribution in [1.29, 1.82) is 0 Å². The molecule has 0 aliphatic carbocycles. The normalized spacial score (nSPS) is 11.5. The van der Waals surface area contributed by atoms with E-state index in [1.54, 1.807) is 18.3 Å². The maximum atomic E-state index is 13.2. The van der Waals surface area contributed by atoms with Crippen molar-refractivity contribution in [3.05, 3.63) is 105 Å². The quantitative estimate of drug-likeness (QED) is 0.292. The summed E-state index contributed by atoms with van der Waals surface area (Å²) in [7, 11) is 0. The summed E-state index contributed by atoms with van der Waals surface area (Å²) in [6.07, 6.45) is 3.97. The maximum Gasteiger partial charge on any atom is 0.282 e. The van der Waals surface area contributed by atoms with Crippen LogP contribution in [-0.2, 0) is 17.8 Å². The van der Waals surface area contributed by atoms with Gasteiger partial charge in [0.15, 0.2) is 0 Å². The van der Waals surface area contributed by atoms with Gasteiger partial charge in [-0.25, -0.2) is 9.37 Å². The standard InChI is InChI=1S/C27H21BrFN5O2/c1-2-25-32-23-12-7-18(28)13-22(23)27(36)34(25)30-14-17-15-33(24-6-4-3-5-21(17)24)16-26(35)31-20-10-8-19(29)9-11-20/h3-15H,2,16H2,1H3,(H,31,35). The predicted octanol–water partition coefficient (Wildman–Crippen LogP) is 5.34. The molecule has 0 aliphatic rings. The van der Waals surface area contributed by atoms with Gasteiger partial charge in [-0.3, -0.25) is 9.59 Å². The zero-order chi connectivity index (χ0) is 25.2. The number of para-hydroxylation sites is 1. The summed E-state index contributed by atoms with van der Waals surface area (Å²) in [6.45, 7) is 1.97. The molecule has 0 saturated carbocycles. The predicted molar refractivity (Wildman–Crippen MR) is 143 cm³/mol. The van der Waals surface area contributed by atoms with Crippen molar-refractivity contribution >= 4 is 55.5 Å². The van der Waals surface area contributed by atoms with Gasteiger partial charge in [0.2, 0.25) is 5.91 Å². The van der Waals surface area contributed by atoms with E-state index in [0.29, 0.717) is 28.8 Å². The smallest absolute Gasteiger partial charge is 0.282 e. The molecular weight excluding hydrogens is 525 g/mol. The Kier molecular flexibility index (Phi) is 6.47. The van der Waals surface area contributed by atoms with Crippen LogP contribution in [-0.4, -0.2) is 26.3 Å². The first-order valence-electron chi connectivity index (χ1n) is 11.3. The average molecular weight is 546 g/mol. The Bertz CT molecular complexity index is 1690. The van der Waals surface area contributed by atoms with Crippen LogP contribution in [0.2, 0.25) is 0 Å². The average Bonchev–Trinajstić information content (AvgIpc) is 3.22. The lowest BCUT2D eigenvalue weighted by Crippen LogP contribution is -2.22. The van der Waals surface area contributed by atoms with E-state index in [-0.39, 0.29) is 23.8 Å². The summed E-state index contributed by atoms with van der Waals surface area (Å²) >= 11 is 3.41. The third kappa shape index (κ3) is 4.70. The summed E-state index contributed by atoms with van der Waals surface area (Å²) in [5.41, 5.74) is 2.48. The lowest BCUT2D eigenvalue weighted by molar-refractivity contribution is -0.116. The molecule has 0 bridgehead atoms. The summed E-state index contributed by atoms with van der Waals surface area (Å²) in [4.78, 5) is 30.5. The van der Waals surface area contributed by atoms with Gasteiger partial charge in [0.25, 0.3) is 5.56 Å². The van der Waals surface area contributed by atoms with E-state index in [1.165, 1.54) is 28.9 Å². The number of carbonyl (C=O) groups is 1. The van der Waals surface area contributed by atoms with Gasteiger partial charge in [0.1, 0.15) is 18.2 Å². The molecule has 2 heterocycles. The van der Waals surface area contributed by atoms with E-state index in [4.69, 9.17) is 0 Å². The topological polar surface area (TPSA) is 81.3 Å². The highest BCUT2D eigenvalue weighted by Gasteiger charge is 2.13. The summed E-state index contributed by atoms with van der Waals surface area (Å²) in [6, 6.07) is 18.6. The molecule has 180 valence electrons. The number of nitrogens with zero attached hydrogens (tertiary/aromatic N) is 4. The molecule has 0 unspecified atom stereocenters. The molecule has 1 N–H and O–H groups in total. The highest BCUT2D eigenvalue weighted by Crippen LogP contribution is 2.21. The van der Waals surface area contributed by atoms with Crippen LogP contribution in [0.15, 0.2) is 87.3 Å². The minimum Gasteiger partial charge on any atom is -0.337 e. The molecule has 0 aliphatic heterocycles. The van der Waals surface area contributed by atoms with Crippen molar-refractivity contribution < 1.29 is 9.18 Å². The van der Waals surface area contributed by atoms with Gasteiger partial charge in [0.05, 0.1) is 17.1 Å². The molecule has 9 heteroatoms. The fourth-order valence-electron chi connectivity index (χ4n) is 4.06. The van der Waals surface area contributed by atoms with Gasteiger partial charge in [-0.1, -0.05) is 41.1 Å². The first-order valence-corrected chi connectivity index (χ1v) is 12.1. The molecule has 7 nitrogen and oxygen atoms in total. The fraction of sp³-hybridized carbons (Fsp3) is 0.111. The van der Waals surface area contributed by atoms with Crippen LogP contribution < -0.4 is 10.9 Å². The van der Waals surface area contributed by atoms with Crippen molar-refractivity contribution in [2.45, 2.75) is 19.9 Å². The Morgan fingerprint density at radius 1 is 1.11 bits per heavy atom. The number of hydrogen-bond acceptors (Lipinski definition) is 4. The van der Waals surface area contributed by atoms with Crippen LogP contribution >= 0.6 is 15.9 Å². The molecular formula is C27H21BrFN5O2. The third-order valence-corrected chi connectivity index (χ3v) is 6.26. The first kappa shape index (κ1) is 23.6. The second kappa shape index (κ2) is 9.87. The van der Waals surface area contributed by atoms with Gasteiger partial charge in [-0.2, -0.15) is 9.78 Å². The van der Waals surface area contributed by atoms with E-state index in [0.717, 1.165) is 20.9 Å². The van der Waals surface area contributed by atoms with Crippen LogP contribution in [0.25, 0.3) is 21.8 Å². The number of benzene rings is 3. The SMILES string of the molecule is CCc1nc2ccc(Br)cc2c(=O)n1N=Cc1cn(CC(=O)Nc2ccc(F)cc2)c2ccccc12. The number of aryl methyl sites for hydroxylation is 1. The summed E-state index contributed by atoms with van der Waals surface area (Å²) in [5, 5.41) is 8.63. The van der Waals surface area contributed by atoms with E-state index < -0.39 is 0 Å². The second-order valence-electron chi connectivity index (χ2n) is 8.19. The van der Waals surface area contributed by atoms with Crippen molar-refractivity contribution in [2.75, 3.05) is 5.32 Å². The van der Waals surface area contributed by atoms with Crippen LogP contribution in [0, 0.1) is 5.82 Å². The Labute approximate surface area is 214 Å². The number of halogens is 2. The fourth-order valence-corrected chi connectivity index (χ4v) is 4.42. The maximum absolute atomic E-state index is 13.2. The lowest BCUT2D eigenvalue weighted by Gasteiger charge is -2.07. The number of hydrogen-bond donors (Lipinski definition) is 1. The van der Waals surface area contributed by atoms with Gasteiger partial charge in [0, 0.05) is 39.2 Å². The molecule has 0 radical (unpaired) electrons. The van der Waals surface area contributed by atoms with Gasteiger partial charge in [-0.15, -0.1) is 0 Å². The zero-order valence-corrected chi connectivity index (χ0v) is 20.9. The molecule has 5 aromatic rings. The van der Waals surface area contributed by atoms with Crippen LogP contribution in [0.3, 0.4) is 0 Å². The van der Waals surface area contributed by atoms with Crippen LogP contribution in [0.4, 0.5) is 10.1 Å². The largest absolute Gasteiger partial charge is 0.337 e. The van der Waals surface area contributed by atoms with E-state index in [1.807, 2.05) is 48.0 Å². The van der Waals surface area contributed by atoms with Crippen molar-refractivity contribution in [3.8, 4) is 0 Å². The molecule has 5 rings (SSSR count). The number of fused-ring (bicyclic) bond motifs is 2. The second-order valence-corrected chi connectivity index (χ2v) is 9.10. The molecule has 0 fully saturated rings. The molecule has 3 aromatic carbocycles. The van der Waals surface area contributed by atoms with Gasteiger partial charge in [-0.05, 0) is 48.5 Å². The van der Waals surface area contributed by atoms with Gasteiger partial charge < -0.3 is 9.88 Å². The summed E-state index contributed by atoms with van der Waals surface area (Å²) in [5.74, 6) is -0.0685. The highest BCUT2D eigenvalue weighted by molar-refractivity contribution is 9.10. The number of carbonyl (C=O) groups excluding carboxylic acids is 1. The number of anilines is 1. The van der Waals surface area contributed by atoms with E-state index in [2.05, 4.69) is 31.3 Å². The molecule has 36 heavy (non-hydrogen) atoms. The number of amides is 1. The summed E-state index contributed by atoms with van der Waals surface area (Å²) < 4.78 is 17.1. The molecule has 0 spiro atoms. The molecule has 0 atom stereocenters. The van der Waals surface area contributed by atoms with Crippen molar-refractivity contribution in [2.24, 2.45) is 5.10 Å². The Balaban J connectivity index is 1.49. The molecule has 2 aromatic heterocycles.